The molecule has 98 valence electrons. The van der Waals surface area contributed by atoms with Crippen molar-refractivity contribution >= 4 is 23.2 Å². The number of carbonyl (C=O) groups is 1. The Morgan fingerprint density at radius 1 is 1.33 bits per heavy atom. The van der Waals surface area contributed by atoms with Crippen molar-refractivity contribution in [3.63, 3.8) is 0 Å². The lowest BCUT2D eigenvalue weighted by molar-refractivity contribution is 0.0959. The van der Waals surface area contributed by atoms with Crippen LogP contribution in [0.4, 0.5) is 5.69 Å². The highest BCUT2D eigenvalue weighted by Crippen LogP contribution is 2.35. The Bertz CT molecular complexity index is 458. The first-order chi connectivity index (χ1) is 8.63. The molecule has 1 aliphatic rings. The van der Waals surface area contributed by atoms with Gasteiger partial charge in [-0.15, -0.1) is 0 Å². The van der Waals surface area contributed by atoms with Gasteiger partial charge in [-0.25, -0.2) is 9.97 Å². The Morgan fingerprint density at radius 3 is 2.61 bits per heavy atom. The maximum atomic E-state index is 11.7. The molecule has 3 N–H and O–H groups in total. The van der Waals surface area contributed by atoms with Crippen molar-refractivity contribution < 1.29 is 4.79 Å². The molecule has 0 atom stereocenters. The SMILES string of the molecule is CNC(=O)c1nc(Cl)nc(C2CCCCC2)c1N. The van der Waals surface area contributed by atoms with Gasteiger partial charge in [-0.2, -0.15) is 0 Å². The topological polar surface area (TPSA) is 80.9 Å². The van der Waals surface area contributed by atoms with Crippen LogP contribution in [0, 0.1) is 0 Å². The number of anilines is 1. The molecule has 1 heterocycles. The van der Waals surface area contributed by atoms with Crippen molar-refractivity contribution in [2.45, 2.75) is 38.0 Å². The molecule has 0 radical (unpaired) electrons. The van der Waals surface area contributed by atoms with Gasteiger partial charge in [0.1, 0.15) is 0 Å². The zero-order valence-corrected chi connectivity index (χ0v) is 11.1. The summed E-state index contributed by atoms with van der Waals surface area (Å²) in [4.78, 5) is 19.8. The Kier molecular flexibility index (Phi) is 4.01. The van der Waals surface area contributed by atoms with Crippen LogP contribution in [0.2, 0.25) is 5.28 Å². The van der Waals surface area contributed by atoms with Crippen LogP contribution < -0.4 is 11.1 Å². The summed E-state index contributed by atoms with van der Waals surface area (Å²) in [5, 5.41) is 2.60. The second kappa shape index (κ2) is 5.52. The standard InChI is InChI=1S/C12H17ClN4O/c1-15-11(18)10-8(14)9(16-12(13)17-10)7-5-3-2-4-6-7/h7H,2-6,14H2,1H3,(H,15,18). The van der Waals surface area contributed by atoms with Crippen LogP contribution in [0.3, 0.4) is 0 Å². The second-order valence-corrected chi connectivity index (χ2v) is 4.89. The van der Waals surface area contributed by atoms with Crippen LogP contribution >= 0.6 is 11.6 Å². The molecule has 0 bridgehead atoms. The second-order valence-electron chi connectivity index (χ2n) is 4.55. The Balaban J connectivity index is 2.40. The molecule has 1 amide bonds. The predicted octanol–water partition coefficient (Wildman–Crippen LogP) is 2.12. The number of hydrogen-bond donors (Lipinski definition) is 2. The average molecular weight is 269 g/mol. The van der Waals surface area contributed by atoms with Gasteiger partial charge < -0.3 is 11.1 Å². The first-order valence-corrected chi connectivity index (χ1v) is 6.56. The smallest absolute Gasteiger partial charge is 0.271 e. The largest absolute Gasteiger partial charge is 0.395 e. The first kappa shape index (κ1) is 13.1. The van der Waals surface area contributed by atoms with E-state index in [0.717, 1.165) is 18.5 Å². The van der Waals surface area contributed by atoms with E-state index in [-0.39, 0.29) is 16.9 Å². The molecule has 0 unspecified atom stereocenters. The molecular formula is C12H17ClN4O. The van der Waals surface area contributed by atoms with Gasteiger partial charge in [0.2, 0.25) is 5.28 Å². The Hall–Kier alpha value is -1.36. The first-order valence-electron chi connectivity index (χ1n) is 6.18. The zero-order valence-electron chi connectivity index (χ0n) is 10.4. The molecule has 0 spiro atoms. The summed E-state index contributed by atoms with van der Waals surface area (Å²) in [5.41, 5.74) is 7.29. The molecule has 18 heavy (non-hydrogen) atoms. The summed E-state index contributed by atoms with van der Waals surface area (Å²) >= 11 is 5.88. The number of halogens is 1. The van der Waals surface area contributed by atoms with Crippen LogP contribution in [0.5, 0.6) is 0 Å². The number of nitrogens with zero attached hydrogens (tertiary/aromatic N) is 2. The summed E-state index contributed by atoms with van der Waals surface area (Å²) in [6.07, 6.45) is 5.68. The van der Waals surface area contributed by atoms with Crippen molar-refractivity contribution in [2.75, 3.05) is 12.8 Å². The van der Waals surface area contributed by atoms with E-state index in [9.17, 15) is 4.79 Å². The summed E-state index contributed by atoms with van der Waals surface area (Å²) in [5.74, 6) is -0.0310. The van der Waals surface area contributed by atoms with Crippen LogP contribution in [0.15, 0.2) is 0 Å². The molecule has 1 aliphatic carbocycles. The third-order valence-electron chi connectivity index (χ3n) is 3.38. The van der Waals surface area contributed by atoms with Crippen LogP contribution in [-0.4, -0.2) is 22.9 Å². The Labute approximate surface area is 111 Å². The number of amides is 1. The van der Waals surface area contributed by atoms with Crippen molar-refractivity contribution in [3.8, 4) is 0 Å². The van der Waals surface area contributed by atoms with Gasteiger partial charge in [-0.05, 0) is 24.4 Å². The van der Waals surface area contributed by atoms with Crippen LogP contribution in [-0.2, 0) is 0 Å². The van der Waals surface area contributed by atoms with E-state index in [2.05, 4.69) is 15.3 Å². The normalized spacial score (nSPS) is 16.6. The summed E-state index contributed by atoms with van der Waals surface area (Å²) in [6.45, 7) is 0. The number of aromatic nitrogens is 2. The minimum absolute atomic E-state index is 0.0865. The number of nitrogens with two attached hydrogens (primary N) is 1. The number of carbonyl (C=O) groups excluding carboxylic acids is 1. The van der Waals surface area contributed by atoms with E-state index in [1.807, 2.05) is 0 Å². The van der Waals surface area contributed by atoms with E-state index in [1.165, 1.54) is 26.3 Å². The van der Waals surface area contributed by atoms with Gasteiger partial charge in [0.15, 0.2) is 5.69 Å². The molecule has 0 aromatic carbocycles. The van der Waals surface area contributed by atoms with E-state index < -0.39 is 0 Å². The van der Waals surface area contributed by atoms with Crippen LogP contribution in [0.25, 0.3) is 0 Å². The third-order valence-corrected chi connectivity index (χ3v) is 3.55. The van der Waals surface area contributed by atoms with Gasteiger partial charge in [-0.1, -0.05) is 19.3 Å². The molecule has 1 saturated carbocycles. The highest BCUT2D eigenvalue weighted by atomic mass is 35.5. The number of rotatable bonds is 2. The molecule has 0 aliphatic heterocycles. The fourth-order valence-corrected chi connectivity index (χ4v) is 2.61. The monoisotopic (exact) mass is 268 g/mol. The average Bonchev–Trinajstić information content (AvgIpc) is 2.41. The third kappa shape index (κ3) is 2.56. The summed E-state index contributed by atoms with van der Waals surface area (Å²) in [7, 11) is 1.54. The molecule has 6 heteroatoms. The molecule has 1 fully saturated rings. The van der Waals surface area contributed by atoms with Gasteiger partial charge in [0.25, 0.3) is 5.91 Å². The minimum atomic E-state index is -0.325. The molecular weight excluding hydrogens is 252 g/mol. The van der Waals surface area contributed by atoms with E-state index in [4.69, 9.17) is 17.3 Å². The molecule has 0 saturated heterocycles. The molecule has 1 aromatic rings. The minimum Gasteiger partial charge on any atom is -0.395 e. The quantitative estimate of drug-likeness (QED) is 0.805. The van der Waals surface area contributed by atoms with Gasteiger partial charge in [0.05, 0.1) is 11.4 Å². The van der Waals surface area contributed by atoms with Gasteiger partial charge in [0, 0.05) is 13.0 Å². The van der Waals surface area contributed by atoms with E-state index in [1.54, 1.807) is 0 Å². The van der Waals surface area contributed by atoms with Crippen molar-refractivity contribution in [1.82, 2.24) is 15.3 Å². The van der Waals surface area contributed by atoms with E-state index in [0.29, 0.717) is 11.6 Å². The highest BCUT2D eigenvalue weighted by molar-refractivity contribution is 6.28. The number of hydrogen-bond acceptors (Lipinski definition) is 4. The fourth-order valence-electron chi connectivity index (χ4n) is 2.44. The van der Waals surface area contributed by atoms with E-state index >= 15 is 0 Å². The lowest BCUT2D eigenvalue weighted by Gasteiger charge is -2.22. The number of nitrogen functional groups attached to an aromatic ring is 1. The summed E-state index contributed by atoms with van der Waals surface area (Å²) < 4.78 is 0. The molecule has 5 nitrogen and oxygen atoms in total. The number of nitrogens with one attached hydrogen (secondary N) is 1. The molecule has 2 rings (SSSR count). The molecule has 1 aromatic heterocycles. The summed E-state index contributed by atoms with van der Waals surface area (Å²) in [6, 6.07) is 0. The fraction of sp³-hybridized carbons (Fsp3) is 0.583. The maximum Gasteiger partial charge on any atom is 0.271 e. The van der Waals surface area contributed by atoms with Crippen LogP contribution in [0.1, 0.15) is 54.2 Å². The van der Waals surface area contributed by atoms with Gasteiger partial charge >= 0.3 is 0 Å². The van der Waals surface area contributed by atoms with Gasteiger partial charge in [-0.3, -0.25) is 4.79 Å². The zero-order chi connectivity index (χ0) is 13.1. The Morgan fingerprint density at radius 2 is 2.00 bits per heavy atom. The maximum absolute atomic E-state index is 11.7. The van der Waals surface area contributed by atoms with Crippen molar-refractivity contribution in [2.24, 2.45) is 0 Å². The van der Waals surface area contributed by atoms with Crippen molar-refractivity contribution in [1.29, 1.82) is 0 Å². The predicted molar refractivity (Wildman–Crippen MR) is 70.7 cm³/mol. The lowest BCUT2D eigenvalue weighted by Crippen LogP contribution is -2.23. The lowest BCUT2D eigenvalue weighted by atomic mass is 9.86. The highest BCUT2D eigenvalue weighted by Gasteiger charge is 2.24. The van der Waals surface area contributed by atoms with Crippen molar-refractivity contribution in [3.05, 3.63) is 16.7 Å².